The number of nitrogens with zero attached hydrogens (tertiary/aromatic N) is 4. The Labute approximate surface area is 225 Å². The molecule has 0 bridgehead atoms. The first-order valence-corrected chi connectivity index (χ1v) is 14.9. The highest BCUT2D eigenvalue weighted by Gasteiger charge is 2.55. The van der Waals surface area contributed by atoms with E-state index in [1.54, 1.807) is 11.8 Å². The van der Waals surface area contributed by atoms with Crippen molar-refractivity contribution in [1.82, 2.24) is 19.7 Å². The molecule has 0 atom stereocenters. The van der Waals surface area contributed by atoms with Crippen LogP contribution in [0, 0.1) is 5.92 Å². The lowest BCUT2D eigenvalue weighted by atomic mass is 9.68. The van der Waals surface area contributed by atoms with Gasteiger partial charge in [-0.2, -0.15) is 0 Å². The van der Waals surface area contributed by atoms with Crippen molar-refractivity contribution >= 4 is 23.6 Å². The van der Waals surface area contributed by atoms with Gasteiger partial charge in [0.25, 0.3) is 0 Å². The van der Waals surface area contributed by atoms with Crippen molar-refractivity contribution in [1.29, 1.82) is 0 Å². The molecular formula is C30H40N4O2S. The van der Waals surface area contributed by atoms with Crippen LogP contribution in [0.1, 0.15) is 56.2 Å². The minimum absolute atomic E-state index is 0.0183. The number of benzene rings is 1. The Morgan fingerprint density at radius 3 is 2.38 bits per heavy atom. The van der Waals surface area contributed by atoms with Gasteiger partial charge in [0.15, 0.2) is 5.78 Å². The van der Waals surface area contributed by atoms with Crippen LogP contribution in [0.2, 0.25) is 0 Å². The third kappa shape index (κ3) is 5.17. The van der Waals surface area contributed by atoms with Crippen LogP contribution in [0.25, 0.3) is 0 Å². The van der Waals surface area contributed by atoms with Gasteiger partial charge in [-0.1, -0.05) is 36.8 Å². The predicted molar refractivity (Wildman–Crippen MR) is 149 cm³/mol. The molecule has 2 aromatic rings. The van der Waals surface area contributed by atoms with Gasteiger partial charge in [0.1, 0.15) is 0 Å². The summed E-state index contributed by atoms with van der Waals surface area (Å²) in [6.45, 7) is 1.66. The summed E-state index contributed by atoms with van der Waals surface area (Å²) in [5.74, 6) is 0.659. The first kappa shape index (κ1) is 26.2. The molecule has 5 rings (SSSR count). The molecule has 1 saturated heterocycles. The van der Waals surface area contributed by atoms with Crippen LogP contribution in [0.15, 0.2) is 53.6 Å². The van der Waals surface area contributed by atoms with Crippen molar-refractivity contribution in [2.75, 3.05) is 40.0 Å². The lowest BCUT2D eigenvalue weighted by Gasteiger charge is -2.51. The number of amides is 2. The number of urea groups is 1. The van der Waals surface area contributed by atoms with Gasteiger partial charge in [0.2, 0.25) is 0 Å². The lowest BCUT2D eigenvalue weighted by molar-refractivity contribution is -0.119. The maximum Gasteiger partial charge on any atom is 0.321 e. The fourth-order valence-electron chi connectivity index (χ4n) is 6.62. The Morgan fingerprint density at radius 1 is 1.08 bits per heavy atom. The van der Waals surface area contributed by atoms with Crippen LogP contribution < -0.4 is 0 Å². The highest BCUT2D eigenvalue weighted by atomic mass is 32.2. The topological polar surface area (TPSA) is 56.8 Å². The number of thioether (sulfide) groups is 1. The van der Waals surface area contributed by atoms with Crippen LogP contribution >= 0.6 is 11.8 Å². The largest absolute Gasteiger partial charge is 0.321 e. The third-order valence-electron chi connectivity index (χ3n) is 9.18. The molecule has 1 spiro atoms. The van der Waals surface area contributed by atoms with Gasteiger partial charge < -0.3 is 9.80 Å². The fraction of sp³-hybridized carbons (Fsp3) is 0.567. The average molecular weight is 521 g/mol. The number of Topliss-reactive ketones (excluding diaryl/α,β-unsaturated/α-hetero) is 1. The maximum atomic E-state index is 13.8. The van der Waals surface area contributed by atoms with Crippen LogP contribution in [-0.2, 0) is 16.8 Å². The molecule has 2 aliphatic carbocycles. The molecule has 6 nitrogen and oxygen atoms in total. The van der Waals surface area contributed by atoms with Crippen molar-refractivity contribution in [3.05, 3.63) is 59.9 Å². The number of rotatable bonds is 9. The number of hydrogen-bond donors (Lipinski definition) is 0. The highest BCUT2D eigenvalue weighted by Crippen LogP contribution is 2.49. The Bertz CT molecular complexity index is 1090. The van der Waals surface area contributed by atoms with E-state index in [4.69, 9.17) is 0 Å². The number of carbonyl (C=O) groups excluding carboxylic acids is 2. The molecule has 0 unspecified atom stereocenters. The molecule has 0 N–H and O–H groups in total. The van der Waals surface area contributed by atoms with Crippen molar-refractivity contribution < 1.29 is 9.59 Å². The van der Waals surface area contributed by atoms with Gasteiger partial charge in [-0.15, -0.1) is 11.8 Å². The summed E-state index contributed by atoms with van der Waals surface area (Å²) in [7, 11) is 4.36. The van der Waals surface area contributed by atoms with E-state index in [2.05, 4.69) is 59.2 Å². The smallest absolute Gasteiger partial charge is 0.317 e. The molecule has 2 saturated carbocycles. The molecule has 2 heterocycles. The highest BCUT2D eigenvalue weighted by molar-refractivity contribution is 7.98. The molecule has 1 aromatic carbocycles. The van der Waals surface area contributed by atoms with Gasteiger partial charge >= 0.3 is 6.03 Å². The van der Waals surface area contributed by atoms with E-state index >= 15 is 0 Å². The zero-order valence-electron chi connectivity index (χ0n) is 22.5. The van der Waals surface area contributed by atoms with Crippen molar-refractivity contribution in [3.8, 4) is 0 Å². The minimum Gasteiger partial charge on any atom is -0.317 e. The number of carbonyl (C=O) groups is 2. The summed E-state index contributed by atoms with van der Waals surface area (Å²) in [6, 6.07) is 14.8. The second-order valence-corrected chi connectivity index (χ2v) is 12.3. The van der Waals surface area contributed by atoms with E-state index in [9.17, 15) is 9.59 Å². The summed E-state index contributed by atoms with van der Waals surface area (Å²) in [4.78, 5) is 38.7. The Morgan fingerprint density at radius 2 is 1.81 bits per heavy atom. The number of pyridine rings is 1. The van der Waals surface area contributed by atoms with Crippen LogP contribution in [0.4, 0.5) is 4.79 Å². The molecule has 198 valence electrons. The maximum absolute atomic E-state index is 13.8. The molecular weight excluding hydrogens is 480 g/mol. The number of aromatic nitrogens is 1. The minimum atomic E-state index is -0.181. The lowest BCUT2D eigenvalue weighted by Crippen LogP contribution is -2.56. The molecule has 3 aliphatic rings. The molecule has 3 fully saturated rings. The van der Waals surface area contributed by atoms with Crippen LogP contribution in [0.5, 0.6) is 0 Å². The molecule has 7 heteroatoms. The fourth-order valence-corrected chi connectivity index (χ4v) is 6.98. The Hall–Kier alpha value is -2.38. The standard InChI is InChI=1S/C30H40N4O2S/c1-32(2)30(24-10-5-4-6-11-24)16-14-29(15-17-30)22-33(28(36)34(29)20-23-8-7-9-23)21-26(35)18-25-12-13-27(37-3)19-31-25/h4-6,10-13,19,23H,7-9,14-18,20-22H2,1-3H3. The van der Waals surface area contributed by atoms with E-state index < -0.39 is 0 Å². The molecule has 37 heavy (non-hydrogen) atoms. The van der Waals surface area contributed by atoms with E-state index in [0.717, 1.165) is 42.8 Å². The van der Waals surface area contributed by atoms with Crippen molar-refractivity contribution in [2.45, 2.75) is 67.3 Å². The van der Waals surface area contributed by atoms with Gasteiger partial charge in [0, 0.05) is 35.4 Å². The zero-order chi connectivity index (χ0) is 26.0. The first-order valence-electron chi connectivity index (χ1n) is 13.7. The number of hydrogen-bond acceptors (Lipinski definition) is 5. The second-order valence-electron chi connectivity index (χ2n) is 11.5. The van der Waals surface area contributed by atoms with E-state index in [1.807, 2.05) is 29.5 Å². The number of ketones is 1. The van der Waals surface area contributed by atoms with E-state index in [-0.39, 0.29) is 35.9 Å². The first-order chi connectivity index (χ1) is 17.8. The summed E-state index contributed by atoms with van der Waals surface area (Å²) in [5.41, 5.74) is 1.93. The van der Waals surface area contributed by atoms with Crippen molar-refractivity contribution in [2.24, 2.45) is 5.92 Å². The Kier molecular flexibility index (Phi) is 7.64. The normalized spacial score (nSPS) is 26.2. The van der Waals surface area contributed by atoms with Crippen molar-refractivity contribution in [3.63, 3.8) is 0 Å². The summed E-state index contributed by atoms with van der Waals surface area (Å²) in [5, 5.41) is 0. The van der Waals surface area contributed by atoms with E-state index in [1.165, 1.54) is 24.8 Å². The molecule has 1 aliphatic heterocycles. The molecule has 2 amide bonds. The van der Waals surface area contributed by atoms with Gasteiger partial charge in [-0.25, -0.2) is 4.79 Å². The van der Waals surface area contributed by atoms with E-state index in [0.29, 0.717) is 12.5 Å². The zero-order valence-corrected chi connectivity index (χ0v) is 23.3. The SMILES string of the molecule is CSc1ccc(CC(=O)CN2CC3(CCC(c4ccccc4)(N(C)C)CC3)N(CC3CCC3)C2=O)nc1. The summed E-state index contributed by atoms with van der Waals surface area (Å²) >= 11 is 1.64. The van der Waals surface area contributed by atoms with Gasteiger partial charge in [0.05, 0.1) is 18.5 Å². The molecule has 1 aromatic heterocycles. The van der Waals surface area contributed by atoms with Gasteiger partial charge in [-0.05, 0) is 82.5 Å². The molecule has 0 radical (unpaired) electrons. The van der Waals surface area contributed by atoms with Crippen LogP contribution in [-0.4, -0.2) is 77.0 Å². The Balaban J connectivity index is 1.32. The van der Waals surface area contributed by atoms with Gasteiger partial charge in [-0.3, -0.25) is 14.7 Å². The summed E-state index contributed by atoms with van der Waals surface area (Å²) < 4.78 is 0. The predicted octanol–water partition coefficient (Wildman–Crippen LogP) is 5.22. The third-order valence-corrected chi connectivity index (χ3v) is 9.89. The summed E-state index contributed by atoms with van der Waals surface area (Å²) in [6.07, 6.45) is 11.7. The average Bonchev–Trinajstić information content (AvgIpc) is 3.12. The van der Waals surface area contributed by atoms with Crippen LogP contribution in [0.3, 0.4) is 0 Å². The monoisotopic (exact) mass is 520 g/mol. The quantitative estimate of drug-likeness (QED) is 0.424. The second kappa shape index (κ2) is 10.8.